The minimum absolute atomic E-state index is 0.133. The van der Waals surface area contributed by atoms with E-state index in [4.69, 9.17) is 16.0 Å². The third-order valence-corrected chi connectivity index (χ3v) is 4.66. The van der Waals surface area contributed by atoms with Crippen LogP contribution in [0.1, 0.15) is 56.0 Å². The Morgan fingerprint density at radius 1 is 1.16 bits per heavy atom. The summed E-state index contributed by atoms with van der Waals surface area (Å²) < 4.78 is 5.75. The molecule has 0 saturated carbocycles. The number of carbonyl (C=O) groups is 1. The number of amides is 1. The Hall–Kier alpha value is -1.78. The van der Waals surface area contributed by atoms with Crippen molar-refractivity contribution in [3.8, 4) is 0 Å². The van der Waals surface area contributed by atoms with E-state index in [1.807, 2.05) is 44.2 Å². The third kappa shape index (κ3) is 5.62. The molecule has 1 atom stereocenters. The molecule has 136 valence electrons. The third-order valence-electron chi connectivity index (χ3n) is 4.30. The van der Waals surface area contributed by atoms with E-state index in [1.54, 1.807) is 6.07 Å². The lowest BCUT2D eigenvalue weighted by atomic mass is 10.2. The van der Waals surface area contributed by atoms with Crippen molar-refractivity contribution >= 4 is 17.5 Å². The number of hydrogen-bond donors (Lipinski definition) is 1. The van der Waals surface area contributed by atoms with Crippen LogP contribution in [0, 0.1) is 0 Å². The fraction of sp³-hybridized carbons (Fsp3) is 0.450. The van der Waals surface area contributed by atoms with Gasteiger partial charge in [-0.1, -0.05) is 36.7 Å². The van der Waals surface area contributed by atoms with Gasteiger partial charge in [0.25, 0.3) is 5.91 Å². The van der Waals surface area contributed by atoms with Crippen molar-refractivity contribution in [2.24, 2.45) is 0 Å². The molecule has 1 N–H and O–H groups in total. The van der Waals surface area contributed by atoms with E-state index in [0.29, 0.717) is 18.3 Å². The van der Waals surface area contributed by atoms with Crippen molar-refractivity contribution in [3.05, 3.63) is 58.5 Å². The molecule has 25 heavy (non-hydrogen) atoms. The van der Waals surface area contributed by atoms with Gasteiger partial charge in [-0.15, -0.1) is 0 Å². The molecule has 1 aromatic heterocycles. The first-order chi connectivity index (χ1) is 11.9. The monoisotopic (exact) mass is 362 g/mol. The predicted octanol–water partition coefficient (Wildman–Crippen LogP) is 4.87. The fourth-order valence-electron chi connectivity index (χ4n) is 2.45. The fourth-order valence-corrected chi connectivity index (χ4v) is 2.64. The number of halogens is 1. The molecule has 4 nitrogen and oxygen atoms in total. The van der Waals surface area contributed by atoms with Crippen molar-refractivity contribution in [3.63, 3.8) is 0 Å². The number of hydrogen-bond acceptors (Lipinski definition) is 3. The van der Waals surface area contributed by atoms with Gasteiger partial charge in [-0.05, 0) is 51.0 Å². The van der Waals surface area contributed by atoms with Crippen LogP contribution >= 0.6 is 11.6 Å². The van der Waals surface area contributed by atoms with E-state index in [9.17, 15) is 4.79 Å². The standard InChI is InChI=1S/C20H27ClN2O2/c1-5-15(4)22-20(24)19-11-10-17(25-19)13-23(14(2)3)12-16-8-6-7-9-18(16)21/h6-11,14-15H,5,12-13H2,1-4H3,(H,22,24). The first kappa shape index (κ1) is 19.5. The molecular weight excluding hydrogens is 336 g/mol. The Bertz CT molecular complexity index is 697. The van der Waals surface area contributed by atoms with Crippen LogP contribution in [0.3, 0.4) is 0 Å². The van der Waals surface area contributed by atoms with Crippen LogP contribution in [0.15, 0.2) is 40.8 Å². The molecule has 5 heteroatoms. The lowest BCUT2D eigenvalue weighted by molar-refractivity contribution is 0.0906. The molecular formula is C20H27ClN2O2. The minimum Gasteiger partial charge on any atom is -0.455 e. The van der Waals surface area contributed by atoms with Crippen LogP contribution in [0.5, 0.6) is 0 Å². The lowest BCUT2D eigenvalue weighted by Gasteiger charge is -2.26. The Morgan fingerprint density at radius 3 is 2.52 bits per heavy atom. The minimum atomic E-state index is -0.164. The number of nitrogens with zero attached hydrogens (tertiary/aromatic N) is 1. The molecule has 0 aliphatic heterocycles. The molecule has 0 radical (unpaired) electrons. The van der Waals surface area contributed by atoms with Crippen LogP contribution in [0.2, 0.25) is 5.02 Å². The highest BCUT2D eigenvalue weighted by molar-refractivity contribution is 6.31. The summed E-state index contributed by atoms with van der Waals surface area (Å²) in [5.41, 5.74) is 1.08. The first-order valence-electron chi connectivity index (χ1n) is 8.77. The molecule has 1 heterocycles. The van der Waals surface area contributed by atoms with Gasteiger partial charge in [-0.3, -0.25) is 9.69 Å². The molecule has 2 rings (SSSR count). The van der Waals surface area contributed by atoms with Crippen LogP contribution in [0.4, 0.5) is 0 Å². The largest absolute Gasteiger partial charge is 0.455 e. The molecule has 0 aliphatic carbocycles. The van der Waals surface area contributed by atoms with Gasteiger partial charge in [-0.25, -0.2) is 0 Å². The Kier molecular flexibility index (Phi) is 7.09. The first-order valence-corrected chi connectivity index (χ1v) is 9.15. The van der Waals surface area contributed by atoms with Crippen LogP contribution in [0.25, 0.3) is 0 Å². The van der Waals surface area contributed by atoms with Gasteiger partial charge in [-0.2, -0.15) is 0 Å². The number of carbonyl (C=O) groups excluding carboxylic acids is 1. The molecule has 1 aromatic carbocycles. The van der Waals surface area contributed by atoms with Gasteiger partial charge >= 0.3 is 0 Å². The summed E-state index contributed by atoms with van der Waals surface area (Å²) in [6.45, 7) is 9.64. The lowest BCUT2D eigenvalue weighted by Crippen LogP contribution is -2.31. The van der Waals surface area contributed by atoms with Gasteiger partial charge in [0.15, 0.2) is 5.76 Å². The van der Waals surface area contributed by atoms with Crippen LogP contribution < -0.4 is 5.32 Å². The maximum Gasteiger partial charge on any atom is 0.287 e. The number of nitrogens with one attached hydrogen (secondary N) is 1. The highest BCUT2D eigenvalue weighted by Crippen LogP contribution is 2.20. The highest BCUT2D eigenvalue weighted by atomic mass is 35.5. The van der Waals surface area contributed by atoms with E-state index in [0.717, 1.165) is 29.3 Å². The summed E-state index contributed by atoms with van der Waals surface area (Å²) in [5, 5.41) is 3.68. The summed E-state index contributed by atoms with van der Waals surface area (Å²) in [5.74, 6) is 0.967. The van der Waals surface area contributed by atoms with Gasteiger partial charge in [0.05, 0.1) is 6.54 Å². The van der Waals surface area contributed by atoms with Gasteiger partial charge in [0, 0.05) is 23.7 Å². The van der Waals surface area contributed by atoms with Gasteiger partial charge in [0.1, 0.15) is 5.76 Å². The topological polar surface area (TPSA) is 45.5 Å². The van der Waals surface area contributed by atoms with E-state index in [-0.39, 0.29) is 11.9 Å². The van der Waals surface area contributed by atoms with Crippen LogP contribution in [-0.2, 0) is 13.1 Å². The molecule has 1 unspecified atom stereocenters. The second kappa shape index (κ2) is 9.07. The zero-order valence-corrected chi connectivity index (χ0v) is 16.1. The molecule has 0 fully saturated rings. The Balaban J connectivity index is 2.05. The van der Waals surface area contributed by atoms with E-state index < -0.39 is 0 Å². The van der Waals surface area contributed by atoms with Crippen molar-refractivity contribution in [2.75, 3.05) is 0 Å². The van der Waals surface area contributed by atoms with Crippen molar-refractivity contribution in [1.29, 1.82) is 0 Å². The molecule has 0 bridgehead atoms. The summed E-state index contributed by atoms with van der Waals surface area (Å²) in [6, 6.07) is 11.9. The molecule has 2 aromatic rings. The normalized spacial score (nSPS) is 12.6. The zero-order chi connectivity index (χ0) is 18.4. The summed E-state index contributed by atoms with van der Waals surface area (Å²) in [6.07, 6.45) is 0.887. The maximum atomic E-state index is 12.1. The number of benzene rings is 1. The molecule has 0 saturated heterocycles. The van der Waals surface area contributed by atoms with Gasteiger partial charge in [0.2, 0.25) is 0 Å². The smallest absolute Gasteiger partial charge is 0.287 e. The zero-order valence-electron chi connectivity index (χ0n) is 15.4. The van der Waals surface area contributed by atoms with E-state index in [1.165, 1.54) is 0 Å². The summed E-state index contributed by atoms with van der Waals surface area (Å²) in [4.78, 5) is 14.4. The average molecular weight is 363 g/mol. The molecule has 0 aliphatic rings. The Morgan fingerprint density at radius 2 is 1.88 bits per heavy atom. The van der Waals surface area contributed by atoms with E-state index >= 15 is 0 Å². The number of furan rings is 1. The average Bonchev–Trinajstić information content (AvgIpc) is 3.04. The van der Waals surface area contributed by atoms with Crippen LogP contribution in [-0.4, -0.2) is 22.9 Å². The van der Waals surface area contributed by atoms with Crippen molar-refractivity contribution < 1.29 is 9.21 Å². The van der Waals surface area contributed by atoms with Crippen molar-refractivity contribution in [2.45, 2.75) is 59.3 Å². The maximum absolute atomic E-state index is 12.1. The second-order valence-corrected chi connectivity index (χ2v) is 7.05. The quantitative estimate of drug-likeness (QED) is 0.728. The van der Waals surface area contributed by atoms with E-state index in [2.05, 4.69) is 24.1 Å². The second-order valence-electron chi connectivity index (χ2n) is 6.64. The molecule has 1 amide bonds. The van der Waals surface area contributed by atoms with Crippen molar-refractivity contribution in [1.82, 2.24) is 10.2 Å². The predicted molar refractivity (Wildman–Crippen MR) is 102 cm³/mol. The van der Waals surface area contributed by atoms with Gasteiger partial charge < -0.3 is 9.73 Å². The molecule has 0 spiro atoms. The Labute approximate surface area is 155 Å². The highest BCUT2D eigenvalue weighted by Gasteiger charge is 2.17. The summed E-state index contributed by atoms with van der Waals surface area (Å²) in [7, 11) is 0. The SMILES string of the molecule is CCC(C)NC(=O)c1ccc(CN(Cc2ccccc2Cl)C(C)C)o1. The number of rotatable bonds is 8. The summed E-state index contributed by atoms with van der Waals surface area (Å²) >= 11 is 6.28.